The van der Waals surface area contributed by atoms with Gasteiger partial charge < -0.3 is 23.8 Å². The lowest BCUT2D eigenvalue weighted by Crippen LogP contribution is -2.38. The molecule has 1 aliphatic heterocycles. The van der Waals surface area contributed by atoms with Gasteiger partial charge in [0.2, 0.25) is 5.91 Å². The van der Waals surface area contributed by atoms with E-state index in [2.05, 4.69) is 34.4 Å². The number of imidazole rings is 1. The largest absolute Gasteiger partial charge is 0.496 e. The van der Waals surface area contributed by atoms with Crippen LogP contribution in [0.5, 0.6) is 5.75 Å². The van der Waals surface area contributed by atoms with Gasteiger partial charge in [-0.15, -0.1) is 0 Å². The Balaban J connectivity index is 0.000000310. The summed E-state index contributed by atoms with van der Waals surface area (Å²) in [6.07, 6.45) is 8.01. The predicted molar refractivity (Wildman–Crippen MR) is 202 cm³/mol. The van der Waals surface area contributed by atoms with E-state index in [-0.39, 0.29) is 17.1 Å². The number of benzene rings is 3. The molecule has 1 atom stereocenters. The van der Waals surface area contributed by atoms with E-state index in [1.807, 2.05) is 73.3 Å². The van der Waals surface area contributed by atoms with Crippen molar-refractivity contribution in [2.45, 2.75) is 92.2 Å². The molecular formula is C42H59FN4O3. The zero-order chi connectivity index (χ0) is 35.8. The summed E-state index contributed by atoms with van der Waals surface area (Å²) in [5, 5.41) is 0. The van der Waals surface area contributed by atoms with E-state index in [1.165, 1.54) is 30.5 Å². The van der Waals surface area contributed by atoms with Crippen LogP contribution in [-0.4, -0.2) is 71.8 Å². The number of nitrogens with zero attached hydrogens (tertiary/aromatic N) is 4. The molecule has 8 heteroatoms. The van der Waals surface area contributed by atoms with Crippen LogP contribution in [0.15, 0.2) is 72.8 Å². The number of methoxy groups -OCH3 is 1. The van der Waals surface area contributed by atoms with Gasteiger partial charge in [0.15, 0.2) is 0 Å². The molecule has 7 nitrogen and oxygen atoms in total. The molecule has 3 aromatic carbocycles. The van der Waals surface area contributed by atoms with Gasteiger partial charge in [-0.1, -0.05) is 62.7 Å². The van der Waals surface area contributed by atoms with Gasteiger partial charge in [0.25, 0.3) is 0 Å². The van der Waals surface area contributed by atoms with E-state index in [9.17, 15) is 9.18 Å². The monoisotopic (exact) mass is 686 g/mol. The number of ether oxygens (including phenoxy) is 2. The highest BCUT2D eigenvalue weighted by atomic mass is 19.1. The Bertz CT molecular complexity index is 1590. The Kier molecular flexibility index (Phi) is 15.8. The molecule has 5 rings (SSSR count). The highest BCUT2D eigenvalue weighted by molar-refractivity contribution is 5.85. The number of carbonyl (C=O) groups excluding carboxylic acids is 1. The van der Waals surface area contributed by atoms with Crippen molar-refractivity contribution in [2.24, 2.45) is 5.41 Å². The van der Waals surface area contributed by atoms with Crippen molar-refractivity contribution in [2.75, 3.05) is 46.5 Å². The smallest absolute Gasteiger partial charge is 0.229 e. The molecule has 4 aromatic rings. The third kappa shape index (κ3) is 10.9. The van der Waals surface area contributed by atoms with Crippen molar-refractivity contribution in [1.29, 1.82) is 0 Å². The molecule has 2 heterocycles. The molecule has 1 amide bonds. The van der Waals surface area contributed by atoms with Gasteiger partial charge >= 0.3 is 0 Å². The number of unbranched alkanes of at least 4 members (excludes halogenated alkanes) is 1. The number of aromatic nitrogens is 2. The zero-order valence-corrected chi connectivity index (χ0v) is 31.1. The third-order valence-corrected chi connectivity index (χ3v) is 9.97. The molecule has 1 unspecified atom stereocenters. The Morgan fingerprint density at radius 3 is 2.40 bits per heavy atom. The van der Waals surface area contributed by atoms with Crippen LogP contribution >= 0.6 is 0 Å². The van der Waals surface area contributed by atoms with Gasteiger partial charge in [0.05, 0.1) is 30.2 Å². The summed E-state index contributed by atoms with van der Waals surface area (Å²) in [6.45, 7) is 15.4. The Hall–Kier alpha value is -3.75. The minimum Gasteiger partial charge on any atom is -0.496 e. The summed E-state index contributed by atoms with van der Waals surface area (Å²) in [6, 6.07) is 22.9. The third-order valence-electron chi connectivity index (χ3n) is 9.97. The molecule has 1 fully saturated rings. The maximum atomic E-state index is 13.9. The molecule has 0 saturated carbocycles. The molecule has 0 spiro atoms. The summed E-state index contributed by atoms with van der Waals surface area (Å²) in [7, 11) is 1.68. The SMILES string of the molecule is CCCCN(CCC)CCC1(CCCc2ccc(F)cc2)CCN(Cc2ccccc2OC)C1=O.CCOCCn1c(C)nc2ccccc21. The molecule has 272 valence electrons. The Morgan fingerprint density at radius 1 is 0.900 bits per heavy atom. The topological polar surface area (TPSA) is 59.8 Å². The predicted octanol–water partition coefficient (Wildman–Crippen LogP) is 8.86. The first kappa shape index (κ1) is 39.0. The average molecular weight is 687 g/mol. The van der Waals surface area contributed by atoms with Crippen LogP contribution in [0.1, 0.15) is 82.7 Å². The summed E-state index contributed by atoms with van der Waals surface area (Å²) < 4.78 is 26.4. The second-order valence-corrected chi connectivity index (χ2v) is 13.5. The fourth-order valence-corrected chi connectivity index (χ4v) is 7.14. The number of amides is 1. The molecule has 1 saturated heterocycles. The van der Waals surface area contributed by atoms with Gasteiger partial charge in [0.1, 0.15) is 17.4 Å². The summed E-state index contributed by atoms with van der Waals surface area (Å²) in [5.74, 6) is 1.97. The molecule has 1 aliphatic rings. The minimum absolute atomic E-state index is 0.203. The summed E-state index contributed by atoms with van der Waals surface area (Å²) >= 11 is 0. The number of rotatable bonds is 19. The summed E-state index contributed by atoms with van der Waals surface area (Å²) in [4.78, 5) is 23.0. The number of para-hydroxylation sites is 3. The van der Waals surface area contributed by atoms with Crippen LogP contribution in [0, 0.1) is 18.2 Å². The molecular weight excluding hydrogens is 627 g/mol. The van der Waals surface area contributed by atoms with E-state index in [0.717, 1.165) is 113 Å². The van der Waals surface area contributed by atoms with E-state index in [0.29, 0.717) is 6.54 Å². The summed E-state index contributed by atoms with van der Waals surface area (Å²) in [5.41, 5.74) is 4.12. The zero-order valence-electron chi connectivity index (χ0n) is 31.1. The number of fused-ring (bicyclic) bond motifs is 1. The van der Waals surface area contributed by atoms with E-state index < -0.39 is 0 Å². The number of carbonyl (C=O) groups is 1. The van der Waals surface area contributed by atoms with E-state index in [1.54, 1.807) is 7.11 Å². The van der Waals surface area contributed by atoms with Gasteiger partial charge in [-0.2, -0.15) is 0 Å². The highest BCUT2D eigenvalue weighted by Gasteiger charge is 2.45. The number of likely N-dealkylation sites (tertiary alicyclic amines) is 1. The fraction of sp³-hybridized carbons (Fsp3) is 0.524. The molecule has 0 radical (unpaired) electrons. The Labute approximate surface area is 299 Å². The first-order valence-electron chi connectivity index (χ1n) is 18.7. The molecule has 50 heavy (non-hydrogen) atoms. The van der Waals surface area contributed by atoms with Crippen molar-refractivity contribution >= 4 is 16.9 Å². The maximum Gasteiger partial charge on any atom is 0.229 e. The van der Waals surface area contributed by atoms with Crippen LogP contribution in [0.4, 0.5) is 4.39 Å². The standard InChI is InChI=1S/C30H43FN2O2.C12H16N2O/c1-4-6-21-32(20-5-2)22-18-30(17-9-10-25-13-15-27(31)16-14-25)19-23-33(29(30)34)24-26-11-7-8-12-28(26)35-3;1-3-15-9-8-14-10(2)13-11-6-4-5-7-12(11)14/h7-8,11-16H,4-6,9-10,17-24H2,1-3H3;4-7H,3,8-9H2,1-2H3. The first-order valence-corrected chi connectivity index (χ1v) is 18.7. The molecule has 0 N–H and O–H groups in total. The van der Waals surface area contributed by atoms with Gasteiger partial charge in [-0.3, -0.25) is 4.79 Å². The normalized spacial score (nSPS) is 15.9. The maximum absolute atomic E-state index is 13.9. The number of hydrogen-bond acceptors (Lipinski definition) is 5. The van der Waals surface area contributed by atoms with Crippen LogP contribution in [0.3, 0.4) is 0 Å². The highest BCUT2D eigenvalue weighted by Crippen LogP contribution is 2.41. The number of halogens is 1. The number of hydrogen-bond donors (Lipinski definition) is 0. The minimum atomic E-state index is -0.319. The lowest BCUT2D eigenvalue weighted by Gasteiger charge is -2.31. The van der Waals surface area contributed by atoms with Gasteiger partial charge in [0, 0.05) is 31.8 Å². The van der Waals surface area contributed by atoms with Crippen LogP contribution in [0.2, 0.25) is 0 Å². The van der Waals surface area contributed by atoms with Crippen molar-refractivity contribution in [3.05, 3.63) is 95.6 Å². The van der Waals surface area contributed by atoms with E-state index in [4.69, 9.17) is 9.47 Å². The second-order valence-electron chi connectivity index (χ2n) is 13.5. The van der Waals surface area contributed by atoms with Crippen LogP contribution in [-0.2, 0) is 29.0 Å². The molecule has 1 aromatic heterocycles. The van der Waals surface area contributed by atoms with Crippen molar-refractivity contribution in [3.63, 3.8) is 0 Å². The van der Waals surface area contributed by atoms with Crippen LogP contribution in [0.25, 0.3) is 11.0 Å². The lowest BCUT2D eigenvalue weighted by molar-refractivity contribution is -0.137. The average Bonchev–Trinajstić information content (AvgIpc) is 3.62. The molecule has 0 bridgehead atoms. The van der Waals surface area contributed by atoms with Crippen LogP contribution < -0.4 is 4.74 Å². The lowest BCUT2D eigenvalue weighted by atomic mass is 9.77. The van der Waals surface area contributed by atoms with Crippen molar-refractivity contribution in [1.82, 2.24) is 19.4 Å². The van der Waals surface area contributed by atoms with Crippen molar-refractivity contribution in [3.8, 4) is 5.75 Å². The van der Waals surface area contributed by atoms with E-state index >= 15 is 0 Å². The fourth-order valence-electron chi connectivity index (χ4n) is 7.14. The first-order chi connectivity index (χ1) is 24.3. The Morgan fingerprint density at radius 2 is 1.66 bits per heavy atom. The molecule has 0 aliphatic carbocycles. The number of aryl methyl sites for hydroxylation is 2. The van der Waals surface area contributed by atoms with Gasteiger partial charge in [-0.25, -0.2) is 9.37 Å². The van der Waals surface area contributed by atoms with Gasteiger partial charge in [-0.05, 0) is 114 Å². The quantitative estimate of drug-likeness (QED) is 0.0923. The van der Waals surface area contributed by atoms with Crippen molar-refractivity contribution < 1.29 is 18.7 Å². The second kappa shape index (κ2) is 20.2.